The van der Waals surface area contributed by atoms with Crippen LogP contribution < -0.4 is 16.0 Å². The van der Waals surface area contributed by atoms with Crippen LogP contribution in [0.25, 0.3) is 0 Å². The number of benzene rings is 1. The summed E-state index contributed by atoms with van der Waals surface area (Å²) in [7, 11) is 1.78. The summed E-state index contributed by atoms with van der Waals surface area (Å²) in [6.45, 7) is 0. The number of anilines is 2. The van der Waals surface area contributed by atoms with Crippen molar-refractivity contribution in [2.24, 2.45) is 5.73 Å². The Morgan fingerprint density at radius 1 is 1.33 bits per heavy atom. The lowest BCUT2D eigenvalue weighted by Crippen LogP contribution is -2.46. The lowest BCUT2D eigenvalue weighted by molar-refractivity contribution is -0.138. The molecular formula is C12H13N3O3. The molecule has 0 bridgehead atoms. The molecule has 0 radical (unpaired) electrons. The third kappa shape index (κ3) is 1.92. The predicted octanol–water partition coefficient (Wildman–Crippen LogP) is 0.0194. The minimum absolute atomic E-state index is 0.194. The normalized spacial score (nSPS) is 14.1. The summed E-state index contributed by atoms with van der Waals surface area (Å²) in [6, 6.07) is 5.22. The number of nitrogens with one attached hydrogen (secondary N) is 1. The van der Waals surface area contributed by atoms with Crippen LogP contribution in [0.2, 0.25) is 0 Å². The van der Waals surface area contributed by atoms with Gasteiger partial charge < -0.3 is 11.1 Å². The molecule has 0 saturated carbocycles. The standard InChI is InChI=1S/C12H13N3O3/c1-14-8-3-4-9-7(6-8)2-5-10(16)15(9)12(18)11(13)17/h3-4,6,14H,2,5H2,1H3,(H2,13,17). The molecule has 3 N–H and O–H groups in total. The fraction of sp³-hybridized carbons (Fsp3) is 0.250. The molecule has 1 heterocycles. The Labute approximate surface area is 104 Å². The Hall–Kier alpha value is -2.37. The Kier molecular flexibility index (Phi) is 3.01. The first-order valence-corrected chi connectivity index (χ1v) is 5.52. The van der Waals surface area contributed by atoms with E-state index in [2.05, 4.69) is 5.32 Å². The van der Waals surface area contributed by atoms with Crippen molar-refractivity contribution in [3.05, 3.63) is 23.8 Å². The molecule has 1 aromatic rings. The molecule has 6 heteroatoms. The highest BCUT2D eigenvalue weighted by Gasteiger charge is 2.32. The van der Waals surface area contributed by atoms with Crippen LogP contribution in [-0.4, -0.2) is 24.8 Å². The van der Waals surface area contributed by atoms with Crippen molar-refractivity contribution in [3.63, 3.8) is 0 Å². The Morgan fingerprint density at radius 2 is 2.06 bits per heavy atom. The summed E-state index contributed by atoms with van der Waals surface area (Å²) < 4.78 is 0. The van der Waals surface area contributed by atoms with Crippen LogP contribution in [0.1, 0.15) is 12.0 Å². The van der Waals surface area contributed by atoms with E-state index in [9.17, 15) is 14.4 Å². The molecule has 0 atom stereocenters. The van der Waals surface area contributed by atoms with E-state index in [-0.39, 0.29) is 6.42 Å². The molecule has 1 aliphatic heterocycles. The van der Waals surface area contributed by atoms with Gasteiger partial charge in [0.15, 0.2) is 0 Å². The number of amides is 3. The number of rotatable bonds is 1. The van der Waals surface area contributed by atoms with Crippen molar-refractivity contribution in [1.29, 1.82) is 0 Å². The van der Waals surface area contributed by atoms with Gasteiger partial charge >= 0.3 is 11.8 Å². The van der Waals surface area contributed by atoms with Gasteiger partial charge in [0.1, 0.15) is 0 Å². The van der Waals surface area contributed by atoms with Crippen LogP contribution in [0.15, 0.2) is 18.2 Å². The molecule has 18 heavy (non-hydrogen) atoms. The number of nitrogens with two attached hydrogens (primary N) is 1. The van der Waals surface area contributed by atoms with Gasteiger partial charge in [0.25, 0.3) is 0 Å². The average molecular weight is 247 g/mol. The van der Waals surface area contributed by atoms with Crippen LogP contribution in [0.3, 0.4) is 0 Å². The van der Waals surface area contributed by atoms with Crippen molar-refractivity contribution in [2.45, 2.75) is 12.8 Å². The summed E-state index contributed by atoms with van der Waals surface area (Å²) in [6.07, 6.45) is 0.741. The Morgan fingerprint density at radius 3 is 2.67 bits per heavy atom. The molecule has 0 saturated heterocycles. The SMILES string of the molecule is CNc1ccc2c(c1)CCC(=O)N2C(=O)C(N)=O. The van der Waals surface area contributed by atoms with E-state index in [4.69, 9.17) is 5.73 Å². The van der Waals surface area contributed by atoms with Gasteiger partial charge in [-0.05, 0) is 30.2 Å². The van der Waals surface area contributed by atoms with Crippen molar-refractivity contribution < 1.29 is 14.4 Å². The predicted molar refractivity (Wildman–Crippen MR) is 66.0 cm³/mol. The zero-order chi connectivity index (χ0) is 13.3. The van der Waals surface area contributed by atoms with Crippen LogP contribution in [0.5, 0.6) is 0 Å². The number of nitrogens with zero attached hydrogens (tertiary/aromatic N) is 1. The maximum atomic E-state index is 11.7. The fourth-order valence-electron chi connectivity index (χ4n) is 1.98. The zero-order valence-electron chi connectivity index (χ0n) is 9.90. The van der Waals surface area contributed by atoms with E-state index in [0.717, 1.165) is 16.2 Å². The second kappa shape index (κ2) is 4.48. The number of hydrogen-bond donors (Lipinski definition) is 2. The summed E-state index contributed by atoms with van der Waals surface area (Å²) in [5, 5.41) is 2.98. The van der Waals surface area contributed by atoms with E-state index < -0.39 is 17.7 Å². The van der Waals surface area contributed by atoms with Crippen LogP contribution in [0.4, 0.5) is 11.4 Å². The minimum Gasteiger partial charge on any atom is -0.388 e. The van der Waals surface area contributed by atoms with Crippen molar-refractivity contribution >= 4 is 29.1 Å². The lowest BCUT2D eigenvalue weighted by Gasteiger charge is -2.27. The number of primary amides is 1. The van der Waals surface area contributed by atoms with Gasteiger partial charge in [-0.3, -0.25) is 14.4 Å². The van der Waals surface area contributed by atoms with E-state index >= 15 is 0 Å². The van der Waals surface area contributed by atoms with Crippen LogP contribution in [-0.2, 0) is 20.8 Å². The van der Waals surface area contributed by atoms with E-state index in [1.165, 1.54) is 0 Å². The second-order valence-electron chi connectivity index (χ2n) is 3.99. The summed E-state index contributed by atoms with van der Waals surface area (Å²) in [5.74, 6) is -2.52. The summed E-state index contributed by atoms with van der Waals surface area (Å²) >= 11 is 0. The second-order valence-corrected chi connectivity index (χ2v) is 3.99. The highest BCUT2D eigenvalue weighted by molar-refractivity contribution is 6.45. The smallest absolute Gasteiger partial charge is 0.322 e. The quantitative estimate of drug-likeness (QED) is 0.684. The molecule has 1 aromatic carbocycles. The van der Waals surface area contributed by atoms with Gasteiger partial charge in [0.05, 0.1) is 5.69 Å². The molecule has 2 rings (SSSR count). The van der Waals surface area contributed by atoms with E-state index in [1.54, 1.807) is 19.2 Å². The van der Waals surface area contributed by atoms with Crippen molar-refractivity contribution in [2.75, 3.05) is 17.3 Å². The van der Waals surface area contributed by atoms with Gasteiger partial charge in [-0.2, -0.15) is 0 Å². The lowest BCUT2D eigenvalue weighted by atomic mass is 10.00. The number of carbonyl (C=O) groups excluding carboxylic acids is 3. The molecule has 0 spiro atoms. The molecule has 0 aliphatic carbocycles. The highest BCUT2D eigenvalue weighted by atomic mass is 16.2. The summed E-state index contributed by atoms with van der Waals surface area (Å²) in [5.41, 5.74) is 7.11. The molecule has 6 nitrogen and oxygen atoms in total. The number of imide groups is 1. The molecule has 3 amide bonds. The number of fused-ring (bicyclic) bond motifs is 1. The van der Waals surface area contributed by atoms with Gasteiger partial charge in [0.2, 0.25) is 5.91 Å². The first-order valence-electron chi connectivity index (χ1n) is 5.52. The van der Waals surface area contributed by atoms with Crippen LogP contribution in [0, 0.1) is 0 Å². The van der Waals surface area contributed by atoms with Gasteiger partial charge in [0, 0.05) is 19.2 Å². The Bertz CT molecular complexity index is 539. The fourth-order valence-corrected chi connectivity index (χ4v) is 1.98. The summed E-state index contributed by atoms with van der Waals surface area (Å²) in [4.78, 5) is 35.2. The molecule has 0 unspecified atom stereocenters. The zero-order valence-corrected chi connectivity index (χ0v) is 9.90. The van der Waals surface area contributed by atoms with E-state index in [0.29, 0.717) is 12.1 Å². The van der Waals surface area contributed by atoms with Crippen molar-refractivity contribution in [1.82, 2.24) is 0 Å². The first kappa shape index (κ1) is 12.1. The van der Waals surface area contributed by atoms with Crippen molar-refractivity contribution in [3.8, 4) is 0 Å². The number of hydrogen-bond acceptors (Lipinski definition) is 4. The maximum absolute atomic E-state index is 11.7. The first-order chi connectivity index (χ1) is 8.54. The van der Waals surface area contributed by atoms with Gasteiger partial charge in [-0.25, -0.2) is 4.90 Å². The molecule has 1 aliphatic rings. The number of carbonyl (C=O) groups is 3. The molecule has 94 valence electrons. The van der Waals surface area contributed by atoms with E-state index in [1.807, 2.05) is 6.07 Å². The molecular weight excluding hydrogens is 234 g/mol. The minimum atomic E-state index is -1.13. The molecule has 0 fully saturated rings. The highest BCUT2D eigenvalue weighted by Crippen LogP contribution is 2.30. The monoisotopic (exact) mass is 247 g/mol. The average Bonchev–Trinajstić information content (AvgIpc) is 2.37. The maximum Gasteiger partial charge on any atom is 0.322 e. The Balaban J connectivity index is 2.48. The largest absolute Gasteiger partial charge is 0.388 e. The topological polar surface area (TPSA) is 92.5 Å². The van der Waals surface area contributed by atoms with Gasteiger partial charge in [-0.1, -0.05) is 0 Å². The third-order valence-corrected chi connectivity index (χ3v) is 2.88. The molecule has 0 aromatic heterocycles. The van der Waals surface area contributed by atoms with Gasteiger partial charge in [-0.15, -0.1) is 0 Å². The number of aryl methyl sites for hydroxylation is 1. The third-order valence-electron chi connectivity index (χ3n) is 2.88. The van der Waals surface area contributed by atoms with Crippen LogP contribution >= 0.6 is 0 Å².